The molecule has 0 aliphatic heterocycles. The molecule has 0 aromatic rings. The van der Waals surface area contributed by atoms with Gasteiger partial charge >= 0.3 is 6.18 Å². The fourth-order valence-corrected chi connectivity index (χ4v) is 1.82. The van der Waals surface area contributed by atoms with Crippen LogP contribution in [0.25, 0.3) is 0 Å². The van der Waals surface area contributed by atoms with E-state index in [-0.39, 0.29) is 6.54 Å². The first kappa shape index (κ1) is 17.2. The van der Waals surface area contributed by atoms with Gasteiger partial charge < -0.3 is 9.80 Å². The van der Waals surface area contributed by atoms with Crippen LogP contribution in [0.3, 0.4) is 0 Å². The van der Waals surface area contributed by atoms with E-state index < -0.39 is 18.0 Å². The molecular formula is C12H23F3N2O. The quantitative estimate of drug-likeness (QED) is 0.707. The van der Waals surface area contributed by atoms with Crippen molar-refractivity contribution < 1.29 is 18.0 Å². The lowest BCUT2D eigenvalue weighted by atomic mass is 10.1. The first-order valence-electron chi connectivity index (χ1n) is 6.39. The fourth-order valence-electron chi connectivity index (χ4n) is 1.82. The maximum Gasteiger partial charge on any atom is 0.401 e. The van der Waals surface area contributed by atoms with Crippen molar-refractivity contribution in [2.75, 3.05) is 32.7 Å². The average Bonchev–Trinajstić information content (AvgIpc) is 2.30. The van der Waals surface area contributed by atoms with E-state index >= 15 is 0 Å². The number of alkyl halides is 3. The van der Waals surface area contributed by atoms with Crippen LogP contribution in [0.2, 0.25) is 0 Å². The van der Waals surface area contributed by atoms with E-state index in [0.29, 0.717) is 26.2 Å². The summed E-state index contributed by atoms with van der Waals surface area (Å²) < 4.78 is 38.9. The van der Waals surface area contributed by atoms with Crippen molar-refractivity contribution in [3.63, 3.8) is 0 Å². The molecule has 0 spiro atoms. The monoisotopic (exact) mass is 268 g/mol. The summed E-state index contributed by atoms with van der Waals surface area (Å²) in [5, 5.41) is 0. The van der Waals surface area contributed by atoms with Gasteiger partial charge in [0.05, 0.1) is 0 Å². The molecule has 1 atom stereocenters. The van der Waals surface area contributed by atoms with E-state index in [9.17, 15) is 18.0 Å². The normalized spacial score (nSPS) is 13.8. The van der Waals surface area contributed by atoms with Crippen LogP contribution in [-0.2, 0) is 4.79 Å². The van der Waals surface area contributed by atoms with E-state index in [2.05, 4.69) is 0 Å². The molecule has 1 amide bonds. The lowest BCUT2D eigenvalue weighted by molar-refractivity contribution is -0.192. The lowest BCUT2D eigenvalue weighted by Crippen LogP contribution is -2.47. The second-order valence-corrected chi connectivity index (χ2v) is 4.09. The highest BCUT2D eigenvalue weighted by atomic mass is 19.4. The zero-order valence-corrected chi connectivity index (χ0v) is 11.5. The first-order valence-corrected chi connectivity index (χ1v) is 6.39. The molecule has 18 heavy (non-hydrogen) atoms. The van der Waals surface area contributed by atoms with Crippen molar-refractivity contribution in [1.82, 2.24) is 9.80 Å². The molecule has 0 aliphatic carbocycles. The van der Waals surface area contributed by atoms with Crippen molar-refractivity contribution in [1.29, 1.82) is 0 Å². The Labute approximate surface area is 107 Å². The van der Waals surface area contributed by atoms with Crippen molar-refractivity contribution in [2.24, 2.45) is 5.92 Å². The summed E-state index contributed by atoms with van der Waals surface area (Å²) in [7, 11) is 0. The number of rotatable bonds is 7. The molecular weight excluding hydrogens is 245 g/mol. The number of carbonyl (C=O) groups is 1. The Balaban J connectivity index is 4.94. The van der Waals surface area contributed by atoms with Crippen LogP contribution in [-0.4, -0.2) is 54.6 Å². The number of amides is 1. The summed E-state index contributed by atoms with van der Waals surface area (Å²) in [5.74, 6) is -2.74. The second-order valence-electron chi connectivity index (χ2n) is 4.09. The molecule has 0 saturated carbocycles. The van der Waals surface area contributed by atoms with Gasteiger partial charge in [-0.2, -0.15) is 13.2 Å². The number of carbonyl (C=O) groups excluding carboxylic acids is 1. The Hall–Kier alpha value is -0.780. The van der Waals surface area contributed by atoms with Crippen LogP contribution in [0.1, 0.15) is 27.7 Å². The van der Waals surface area contributed by atoms with Crippen LogP contribution in [0.15, 0.2) is 0 Å². The first-order chi connectivity index (χ1) is 8.31. The van der Waals surface area contributed by atoms with E-state index in [0.717, 1.165) is 0 Å². The highest BCUT2D eigenvalue weighted by molar-refractivity contribution is 5.79. The van der Waals surface area contributed by atoms with Gasteiger partial charge in [0, 0.05) is 19.6 Å². The highest BCUT2D eigenvalue weighted by Gasteiger charge is 2.46. The SMILES string of the molecule is CCN(CC)CC(C(=O)N(CC)CC)C(F)(F)F. The molecule has 108 valence electrons. The van der Waals surface area contributed by atoms with Crippen molar-refractivity contribution >= 4 is 5.91 Å². The third-order valence-corrected chi connectivity index (χ3v) is 3.10. The van der Waals surface area contributed by atoms with Crippen LogP contribution in [0.4, 0.5) is 13.2 Å². The van der Waals surface area contributed by atoms with E-state index in [1.807, 2.05) is 0 Å². The molecule has 0 aromatic heterocycles. The predicted octanol–water partition coefficient (Wildman–Crippen LogP) is 2.38. The van der Waals surface area contributed by atoms with Gasteiger partial charge in [-0.15, -0.1) is 0 Å². The predicted molar refractivity (Wildman–Crippen MR) is 65.3 cm³/mol. The zero-order valence-electron chi connectivity index (χ0n) is 11.5. The molecule has 0 saturated heterocycles. The van der Waals surface area contributed by atoms with Gasteiger partial charge in [0.1, 0.15) is 5.92 Å². The Morgan fingerprint density at radius 2 is 1.44 bits per heavy atom. The maximum atomic E-state index is 13.0. The van der Waals surface area contributed by atoms with Crippen molar-refractivity contribution in [3.8, 4) is 0 Å². The Morgan fingerprint density at radius 3 is 1.72 bits per heavy atom. The average molecular weight is 268 g/mol. The molecule has 0 fully saturated rings. The smallest absolute Gasteiger partial charge is 0.343 e. The summed E-state index contributed by atoms with van der Waals surface area (Å²) in [6.45, 7) is 8.32. The van der Waals surface area contributed by atoms with Gasteiger partial charge in [-0.3, -0.25) is 4.79 Å². The van der Waals surface area contributed by atoms with Gasteiger partial charge in [0.15, 0.2) is 0 Å². The highest BCUT2D eigenvalue weighted by Crippen LogP contribution is 2.28. The van der Waals surface area contributed by atoms with Crippen LogP contribution in [0.5, 0.6) is 0 Å². The van der Waals surface area contributed by atoms with E-state index in [1.54, 1.807) is 32.6 Å². The topological polar surface area (TPSA) is 23.6 Å². The molecule has 0 bridgehead atoms. The third kappa shape index (κ3) is 4.84. The summed E-state index contributed by atoms with van der Waals surface area (Å²) in [6.07, 6.45) is -4.48. The van der Waals surface area contributed by atoms with Crippen molar-refractivity contribution in [2.45, 2.75) is 33.9 Å². The van der Waals surface area contributed by atoms with Crippen molar-refractivity contribution in [3.05, 3.63) is 0 Å². The molecule has 6 heteroatoms. The minimum absolute atomic E-state index is 0.258. The summed E-state index contributed by atoms with van der Waals surface area (Å²) in [6, 6.07) is 0. The minimum Gasteiger partial charge on any atom is -0.343 e. The van der Waals surface area contributed by atoms with Crippen LogP contribution >= 0.6 is 0 Å². The van der Waals surface area contributed by atoms with Gasteiger partial charge in [0.2, 0.25) is 5.91 Å². The second kappa shape index (κ2) is 7.61. The molecule has 0 N–H and O–H groups in total. The molecule has 0 radical (unpaired) electrons. The largest absolute Gasteiger partial charge is 0.401 e. The molecule has 1 unspecified atom stereocenters. The molecule has 0 aromatic carbocycles. The number of hydrogen-bond donors (Lipinski definition) is 0. The minimum atomic E-state index is -4.48. The number of halogens is 3. The van der Waals surface area contributed by atoms with Gasteiger partial charge in [0.25, 0.3) is 0 Å². The maximum absolute atomic E-state index is 13.0. The fraction of sp³-hybridized carbons (Fsp3) is 0.917. The zero-order chi connectivity index (χ0) is 14.3. The van der Waals surface area contributed by atoms with Crippen LogP contribution in [0, 0.1) is 5.92 Å². The Kier molecular flexibility index (Phi) is 7.28. The number of hydrogen-bond acceptors (Lipinski definition) is 2. The Morgan fingerprint density at radius 1 is 1.00 bits per heavy atom. The Bertz CT molecular complexity index is 248. The summed E-state index contributed by atoms with van der Waals surface area (Å²) >= 11 is 0. The standard InChI is InChI=1S/C12H23F3N2O/c1-5-16(6-2)9-10(12(13,14)15)11(18)17(7-3)8-4/h10H,5-9H2,1-4H3. The van der Waals surface area contributed by atoms with E-state index in [1.165, 1.54) is 4.90 Å². The molecule has 0 rings (SSSR count). The van der Waals surface area contributed by atoms with Gasteiger partial charge in [-0.25, -0.2) is 0 Å². The third-order valence-electron chi connectivity index (χ3n) is 3.10. The van der Waals surface area contributed by atoms with Crippen LogP contribution < -0.4 is 0 Å². The summed E-state index contributed by atoms with van der Waals surface area (Å²) in [4.78, 5) is 14.8. The molecule has 0 heterocycles. The lowest BCUT2D eigenvalue weighted by Gasteiger charge is -2.30. The van der Waals surface area contributed by atoms with Gasteiger partial charge in [-0.1, -0.05) is 13.8 Å². The molecule has 3 nitrogen and oxygen atoms in total. The van der Waals surface area contributed by atoms with Gasteiger partial charge in [-0.05, 0) is 26.9 Å². The summed E-state index contributed by atoms with van der Waals surface area (Å²) in [5.41, 5.74) is 0. The van der Waals surface area contributed by atoms with E-state index in [4.69, 9.17) is 0 Å². The number of nitrogens with zero attached hydrogens (tertiary/aromatic N) is 2. The molecule has 0 aliphatic rings.